The number of carbonyl (C=O) groups excluding carboxylic acids is 4. The normalized spacial score (nSPS) is 21.1. The number of amides is 4. The number of nitrogens with zero attached hydrogens (tertiary/aromatic N) is 2. The molecule has 3 aromatic rings. The molecule has 0 aromatic heterocycles. The van der Waals surface area contributed by atoms with Gasteiger partial charge in [0.05, 0.1) is 12.5 Å². The molecule has 0 spiro atoms. The standard InChI is InChI=1S/C28H20N2O4/c1-29-25(31)22-12-6-11-17-16(13-14-23(24(17)22)26(29)32)15-30-27(33)20-9-4-2-7-18(20)19-8-3-5-10-21(19)28(30)34/h2-14,18,20H,15H2,1H3. The number of hydrogen-bond acceptors (Lipinski definition) is 4. The first-order valence-corrected chi connectivity index (χ1v) is 11.1. The maximum absolute atomic E-state index is 13.7. The molecule has 3 aromatic carbocycles. The Morgan fingerprint density at radius 1 is 0.706 bits per heavy atom. The molecule has 0 radical (unpaired) electrons. The maximum atomic E-state index is 13.7. The molecule has 0 N–H and O–H groups in total. The van der Waals surface area contributed by atoms with Gasteiger partial charge in [-0.3, -0.25) is 29.0 Å². The van der Waals surface area contributed by atoms with Crippen molar-refractivity contribution in [1.82, 2.24) is 9.80 Å². The quantitative estimate of drug-likeness (QED) is 0.554. The van der Waals surface area contributed by atoms with Crippen LogP contribution >= 0.6 is 0 Å². The van der Waals surface area contributed by atoms with Crippen molar-refractivity contribution in [2.75, 3.05) is 7.05 Å². The van der Waals surface area contributed by atoms with Crippen molar-refractivity contribution < 1.29 is 19.2 Å². The molecule has 34 heavy (non-hydrogen) atoms. The highest BCUT2D eigenvalue weighted by molar-refractivity contribution is 6.25. The third-order valence-electron chi connectivity index (χ3n) is 7.01. The van der Waals surface area contributed by atoms with Crippen molar-refractivity contribution in [3.63, 3.8) is 0 Å². The molecule has 0 bridgehead atoms. The van der Waals surface area contributed by atoms with Gasteiger partial charge in [-0.05, 0) is 34.7 Å². The Labute approximate surface area is 195 Å². The lowest BCUT2D eigenvalue weighted by Gasteiger charge is -2.27. The Balaban J connectivity index is 1.49. The first-order chi connectivity index (χ1) is 16.5. The largest absolute Gasteiger partial charge is 0.277 e. The minimum absolute atomic E-state index is 0.0469. The maximum Gasteiger partial charge on any atom is 0.261 e. The average molecular weight is 448 g/mol. The second kappa shape index (κ2) is 7.35. The highest BCUT2D eigenvalue weighted by Crippen LogP contribution is 2.38. The van der Waals surface area contributed by atoms with E-state index in [1.54, 1.807) is 36.4 Å². The van der Waals surface area contributed by atoms with Crippen LogP contribution in [0, 0.1) is 5.92 Å². The minimum Gasteiger partial charge on any atom is -0.277 e. The predicted molar refractivity (Wildman–Crippen MR) is 126 cm³/mol. The van der Waals surface area contributed by atoms with E-state index in [0.29, 0.717) is 33.0 Å². The van der Waals surface area contributed by atoms with Crippen molar-refractivity contribution in [2.24, 2.45) is 5.92 Å². The number of carbonyl (C=O) groups is 4. The molecule has 6 nitrogen and oxygen atoms in total. The molecule has 3 aliphatic rings. The Morgan fingerprint density at radius 3 is 2.18 bits per heavy atom. The van der Waals surface area contributed by atoms with Gasteiger partial charge in [0.25, 0.3) is 17.7 Å². The number of benzene rings is 3. The fourth-order valence-corrected chi connectivity index (χ4v) is 5.28. The molecule has 2 unspecified atom stereocenters. The van der Waals surface area contributed by atoms with Gasteiger partial charge in [-0.15, -0.1) is 0 Å². The van der Waals surface area contributed by atoms with Gasteiger partial charge in [0.2, 0.25) is 5.91 Å². The fourth-order valence-electron chi connectivity index (χ4n) is 5.28. The van der Waals surface area contributed by atoms with Crippen molar-refractivity contribution in [1.29, 1.82) is 0 Å². The summed E-state index contributed by atoms with van der Waals surface area (Å²) in [5, 5.41) is 1.26. The highest BCUT2D eigenvalue weighted by atomic mass is 16.2. The lowest BCUT2D eigenvalue weighted by Crippen LogP contribution is -2.39. The van der Waals surface area contributed by atoms with Gasteiger partial charge < -0.3 is 0 Å². The van der Waals surface area contributed by atoms with Crippen molar-refractivity contribution >= 4 is 34.4 Å². The van der Waals surface area contributed by atoms with Crippen LogP contribution in [0.25, 0.3) is 10.8 Å². The molecular formula is C28H20N2O4. The van der Waals surface area contributed by atoms with Gasteiger partial charge in [-0.25, -0.2) is 0 Å². The zero-order chi connectivity index (χ0) is 23.6. The zero-order valence-electron chi connectivity index (χ0n) is 18.4. The second-order valence-corrected chi connectivity index (χ2v) is 8.81. The van der Waals surface area contributed by atoms with Gasteiger partial charge in [0.1, 0.15) is 0 Å². The topological polar surface area (TPSA) is 74.8 Å². The van der Waals surface area contributed by atoms with E-state index in [1.165, 1.54) is 11.9 Å². The van der Waals surface area contributed by atoms with E-state index in [1.807, 2.05) is 42.5 Å². The number of hydrogen-bond donors (Lipinski definition) is 0. The summed E-state index contributed by atoms with van der Waals surface area (Å²) in [6.45, 7) is 0.0469. The summed E-state index contributed by atoms with van der Waals surface area (Å²) >= 11 is 0. The van der Waals surface area contributed by atoms with Crippen LogP contribution in [0.15, 0.2) is 78.9 Å². The Kier molecular flexibility index (Phi) is 4.39. The number of allylic oxidation sites excluding steroid dienone is 3. The van der Waals surface area contributed by atoms with Crippen molar-refractivity contribution in [3.05, 3.63) is 107 Å². The second-order valence-electron chi connectivity index (χ2n) is 8.81. The molecule has 6 rings (SSSR count). The summed E-state index contributed by atoms with van der Waals surface area (Å²) < 4.78 is 0. The smallest absolute Gasteiger partial charge is 0.261 e. The molecule has 0 fully saturated rings. The third kappa shape index (κ3) is 2.75. The van der Waals surface area contributed by atoms with Gasteiger partial charge in [-0.2, -0.15) is 0 Å². The van der Waals surface area contributed by atoms with Crippen LogP contribution in [-0.4, -0.2) is 40.5 Å². The Morgan fingerprint density at radius 2 is 1.38 bits per heavy atom. The molecule has 6 heteroatoms. The van der Waals surface area contributed by atoms with E-state index in [2.05, 4.69) is 0 Å². The zero-order valence-corrected chi connectivity index (χ0v) is 18.4. The molecule has 0 saturated heterocycles. The van der Waals surface area contributed by atoms with Crippen LogP contribution < -0.4 is 0 Å². The molecule has 166 valence electrons. The number of rotatable bonds is 2. The number of fused-ring (bicyclic) bond motifs is 3. The molecule has 4 amide bonds. The van der Waals surface area contributed by atoms with Crippen molar-refractivity contribution in [3.8, 4) is 0 Å². The van der Waals surface area contributed by atoms with Crippen LogP contribution in [0.5, 0.6) is 0 Å². The Bertz CT molecular complexity index is 1480. The molecule has 1 aliphatic carbocycles. The molecule has 2 aliphatic heterocycles. The monoisotopic (exact) mass is 448 g/mol. The van der Waals surface area contributed by atoms with E-state index in [-0.39, 0.29) is 36.1 Å². The van der Waals surface area contributed by atoms with Crippen LogP contribution in [-0.2, 0) is 11.3 Å². The third-order valence-corrected chi connectivity index (χ3v) is 7.01. The molecule has 2 atom stereocenters. The van der Waals surface area contributed by atoms with Crippen LogP contribution in [0.1, 0.15) is 48.1 Å². The van der Waals surface area contributed by atoms with Crippen molar-refractivity contribution in [2.45, 2.75) is 12.5 Å². The molecular weight excluding hydrogens is 428 g/mol. The summed E-state index contributed by atoms with van der Waals surface area (Å²) in [4.78, 5) is 55.1. The first-order valence-electron chi connectivity index (χ1n) is 11.1. The molecule has 0 saturated carbocycles. The van der Waals surface area contributed by atoms with Gasteiger partial charge in [0.15, 0.2) is 0 Å². The fraction of sp³-hybridized carbons (Fsp3) is 0.143. The lowest BCUT2D eigenvalue weighted by molar-refractivity contribution is -0.131. The summed E-state index contributed by atoms with van der Waals surface area (Å²) in [7, 11) is 1.47. The van der Waals surface area contributed by atoms with Gasteiger partial charge in [0, 0.05) is 35.0 Å². The van der Waals surface area contributed by atoms with E-state index in [9.17, 15) is 19.2 Å². The molecule has 2 heterocycles. The average Bonchev–Trinajstić information content (AvgIpc) is 2.96. The summed E-state index contributed by atoms with van der Waals surface area (Å²) in [6, 6.07) is 16.1. The van der Waals surface area contributed by atoms with E-state index in [4.69, 9.17) is 0 Å². The van der Waals surface area contributed by atoms with E-state index in [0.717, 1.165) is 10.5 Å². The summed E-state index contributed by atoms with van der Waals surface area (Å²) in [5.41, 5.74) is 2.94. The lowest BCUT2D eigenvalue weighted by atomic mass is 9.81. The van der Waals surface area contributed by atoms with Gasteiger partial charge >= 0.3 is 0 Å². The van der Waals surface area contributed by atoms with Crippen LogP contribution in [0.3, 0.4) is 0 Å². The number of imide groups is 2. The first kappa shape index (κ1) is 20.3. The van der Waals surface area contributed by atoms with E-state index < -0.39 is 5.92 Å². The van der Waals surface area contributed by atoms with Gasteiger partial charge in [-0.1, -0.05) is 60.7 Å². The predicted octanol–water partition coefficient (Wildman–Crippen LogP) is 4.07. The highest BCUT2D eigenvalue weighted by Gasteiger charge is 2.40. The SMILES string of the molecule is CN1C(=O)c2cccc3c(CN4C(=O)c5ccccc5C5C=CC=CC5C4=O)ccc(c23)C1=O. The van der Waals surface area contributed by atoms with Crippen LogP contribution in [0.2, 0.25) is 0 Å². The van der Waals surface area contributed by atoms with Crippen LogP contribution in [0.4, 0.5) is 0 Å². The summed E-state index contributed by atoms with van der Waals surface area (Å²) in [5.74, 6) is -2.02. The summed E-state index contributed by atoms with van der Waals surface area (Å²) in [6.07, 6.45) is 7.56. The Hall–Kier alpha value is -4.32. The van der Waals surface area contributed by atoms with E-state index >= 15 is 0 Å². The minimum atomic E-state index is -0.477.